The third kappa shape index (κ3) is 5.10. The highest BCUT2D eigenvalue weighted by Gasteiger charge is 2.05. The minimum Gasteiger partial charge on any atom is -1.00 e. The molecule has 1 heterocycles. The van der Waals surface area contributed by atoms with Crippen LogP contribution in [0.15, 0.2) is 85.3 Å². The van der Waals surface area contributed by atoms with Crippen molar-refractivity contribution in [2.24, 2.45) is 0 Å². The van der Waals surface area contributed by atoms with Crippen LogP contribution in [-0.2, 0) is 0 Å². The molecule has 3 nitrogen and oxygen atoms in total. The van der Waals surface area contributed by atoms with Gasteiger partial charge in [-0.3, -0.25) is 0 Å². The van der Waals surface area contributed by atoms with E-state index >= 15 is 0 Å². The Bertz CT molecular complexity index is 795. The van der Waals surface area contributed by atoms with E-state index in [1.165, 1.54) is 5.69 Å². The van der Waals surface area contributed by atoms with Gasteiger partial charge in [-0.25, -0.2) is 0 Å². The van der Waals surface area contributed by atoms with E-state index in [1.807, 2.05) is 50.6 Å². The van der Waals surface area contributed by atoms with Crippen LogP contribution in [0.4, 0.5) is 11.4 Å². The maximum absolute atomic E-state index is 3.26. The van der Waals surface area contributed by atoms with Gasteiger partial charge in [0.1, 0.15) is 0 Å². The van der Waals surface area contributed by atoms with Gasteiger partial charge < -0.3 is 22.6 Å². The summed E-state index contributed by atoms with van der Waals surface area (Å²) in [5.41, 5.74) is 4.59. The molecule has 0 saturated heterocycles. The molecule has 0 bridgehead atoms. The summed E-state index contributed by atoms with van der Waals surface area (Å²) < 4.78 is 2.11. The zero-order valence-electron chi connectivity index (χ0n) is 14.4. The van der Waals surface area contributed by atoms with E-state index in [4.69, 9.17) is 0 Å². The monoisotopic (exact) mass is 351 g/mol. The summed E-state index contributed by atoms with van der Waals surface area (Å²) in [6, 6.07) is 22.8. The molecule has 3 aromatic rings. The van der Waals surface area contributed by atoms with E-state index in [9.17, 15) is 0 Å². The van der Waals surface area contributed by atoms with Gasteiger partial charge in [0.15, 0.2) is 12.4 Å². The Morgan fingerprint density at radius 2 is 1.48 bits per heavy atom. The molecule has 0 aliphatic rings. The predicted octanol–water partition coefficient (Wildman–Crippen LogP) is 1.12. The molecule has 0 amide bonds. The van der Waals surface area contributed by atoms with Crippen molar-refractivity contribution in [2.45, 2.75) is 0 Å². The van der Waals surface area contributed by atoms with Crippen LogP contribution in [-0.4, -0.2) is 14.1 Å². The minimum atomic E-state index is 0. The number of aromatic nitrogens is 1. The Morgan fingerprint density at radius 1 is 0.840 bits per heavy atom. The van der Waals surface area contributed by atoms with Crippen LogP contribution in [0.1, 0.15) is 5.56 Å². The molecule has 128 valence electrons. The molecule has 4 heteroatoms. The standard InChI is InChI=1S/C21H21N3.ClH/c1-23(2)20-8-10-21(11-9-20)24-16-13-18(14-17-24)12-15-22-19-6-4-3-5-7-19;/h3-17H,1-2H3;1H. The lowest BCUT2D eigenvalue weighted by Crippen LogP contribution is -3.00. The molecule has 1 aromatic heterocycles. The van der Waals surface area contributed by atoms with Gasteiger partial charge in [0.05, 0.1) is 0 Å². The smallest absolute Gasteiger partial charge is 0.210 e. The van der Waals surface area contributed by atoms with Crippen molar-refractivity contribution in [3.63, 3.8) is 0 Å². The SMILES string of the molecule is CN(C)c1ccc(-[n+]2ccc(C=CNc3ccccc3)cc2)cc1.[Cl-]. The second-order valence-electron chi connectivity index (χ2n) is 5.79. The molecule has 0 aliphatic carbocycles. The summed E-state index contributed by atoms with van der Waals surface area (Å²) in [5, 5.41) is 3.26. The van der Waals surface area contributed by atoms with Gasteiger partial charge in [-0.15, -0.1) is 0 Å². The quantitative estimate of drug-likeness (QED) is 0.695. The Labute approximate surface area is 155 Å². The fourth-order valence-electron chi connectivity index (χ4n) is 2.41. The van der Waals surface area contributed by atoms with E-state index in [0.29, 0.717) is 0 Å². The van der Waals surface area contributed by atoms with E-state index in [2.05, 4.69) is 69.7 Å². The highest BCUT2D eigenvalue weighted by Crippen LogP contribution is 2.12. The molecule has 25 heavy (non-hydrogen) atoms. The van der Waals surface area contributed by atoms with Crippen LogP contribution in [0, 0.1) is 0 Å². The first-order valence-corrected chi connectivity index (χ1v) is 7.99. The van der Waals surface area contributed by atoms with Crippen molar-refractivity contribution >= 4 is 17.5 Å². The summed E-state index contributed by atoms with van der Waals surface area (Å²) in [6.45, 7) is 0. The number of benzene rings is 2. The molecule has 0 fully saturated rings. The normalized spacial score (nSPS) is 10.3. The Morgan fingerprint density at radius 3 is 2.08 bits per heavy atom. The van der Waals surface area contributed by atoms with Crippen LogP contribution >= 0.6 is 0 Å². The number of anilines is 2. The predicted molar refractivity (Wildman–Crippen MR) is 101 cm³/mol. The van der Waals surface area contributed by atoms with Crippen molar-refractivity contribution < 1.29 is 17.0 Å². The largest absolute Gasteiger partial charge is 1.00 e. The van der Waals surface area contributed by atoms with Crippen molar-refractivity contribution in [1.82, 2.24) is 0 Å². The van der Waals surface area contributed by atoms with Crippen molar-refractivity contribution in [1.29, 1.82) is 0 Å². The molecule has 3 rings (SSSR count). The van der Waals surface area contributed by atoms with Crippen LogP contribution in [0.2, 0.25) is 0 Å². The second-order valence-corrected chi connectivity index (χ2v) is 5.79. The minimum absolute atomic E-state index is 0. The summed E-state index contributed by atoms with van der Waals surface area (Å²) in [4.78, 5) is 2.10. The molecule has 0 atom stereocenters. The fourth-order valence-corrected chi connectivity index (χ4v) is 2.41. The number of rotatable bonds is 5. The number of nitrogens with zero attached hydrogens (tertiary/aromatic N) is 2. The maximum atomic E-state index is 3.26. The van der Waals surface area contributed by atoms with E-state index in [0.717, 1.165) is 16.9 Å². The number of pyridine rings is 1. The van der Waals surface area contributed by atoms with Crippen LogP contribution < -0.4 is 27.2 Å². The highest BCUT2D eigenvalue weighted by molar-refractivity contribution is 5.54. The molecule has 2 aromatic carbocycles. The molecule has 0 unspecified atom stereocenters. The first-order valence-electron chi connectivity index (χ1n) is 7.99. The van der Waals surface area contributed by atoms with Crippen molar-refractivity contribution in [3.8, 4) is 5.69 Å². The van der Waals surface area contributed by atoms with Gasteiger partial charge in [-0.1, -0.05) is 18.2 Å². The number of nitrogens with one attached hydrogen (secondary N) is 1. The van der Waals surface area contributed by atoms with E-state index < -0.39 is 0 Å². The summed E-state index contributed by atoms with van der Waals surface area (Å²) in [5.74, 6) is 0. The number of halogens is 1. The average molecular weight is 352 g/mol. The second kappa shape index (κ2) is 8.90. The first kappa shape index (κ1) is 18.6. The van der Waals surface area contributed by atoms with E-state index in [-0.39, 0.29) is 12.4 Å². The molecule has 0 spiro atoms. The van der Waals surface area contributed by atoms with Gasteiger partial charge >= 0.3 is 0 Å². The molecular weight excluding hydrogens is 330 g/mol. The molecule has 0 saturated carbocycles. The Balaban J connectivity index is 0.00000225. The maximum Gasteiger partial charge on any atom is 0.210 e. The average Bonchev–Trinajstić information content (AvgIpc) is 2.63. The molecular formula is C21H22ClN3. The zero-order valence-corrected chi connectivity index (χ0v) is 15.2. The topological polar surface area (TPSA) is 19.1 Å². The first-order chi connectivity index (χ1) is 11.7. The van der Waals surface area contributed by atoms with Crippen molar-refractivity contribution in [3.05, 3.63) is 90.9 Å². The Hall–Kier alpha value is -2.78. The highest BCUT2D eigenvalue weighted by atomic mass is 35.5. The van der Waals surface area contributed by atoms with Gasteiger partial charge in [0, 0.05) is 55.9 Å². The summed E-state index contributed by atoms with van der Waals surface area (Å²) in [6.07, 6.45) is 8.17. The van der Waals surface area contributed by atoms with Crippen LogP contribution in [0.3, 0.4) is 0 Å². The molecule has 1 N–H and O–H groups in total. The Kier molecular flexibility index (Phi) is 6.61. The number of hydrogen-bond donors (Lipinski definition) is 1. The van der Waals surface area contributed by atoms with Crippen LogP contribution in [0.5, 0.6) is 0 Å². The van der Waals surface area contributed by atoms with Crippen LogP contribution in [0.25, 0.3) is 11.8 Å². The van der Waals surface area contributed by atoms with Crippen molar-refractivity contribution in [2.75, 3.05) is 24.3 Å². The van der Waals surface area contributed by atoms with E-state index in [1.54, 1.807) is 0 Å². The fraction of sp³-hybridized carbons (Fsp3) is 0.0952. The number of hydrogen-bond acceptors (Lipinski definition) is 2. The van der Waals surface area contributed by atoms with Gasteiger partial charge in [-0.2, -0.15) is 4.57 Å². The zero-order chi connectivity index (χ0) is 16.8. The third-order valence-corrected chi connectivity index (χ3v) is 3.82. The summed E-state index contributed by atoms with van der Waals surface area (Å²) in [7, 11) is 4.10. The molecule has 0 radical (unpaired) electrons. The lowest BCUT2D eigenvalue weighted by molar-refractivity contribution is -0.595. The van der Waals surface area contributed by atoms with Gasteiger partial charge in [-0.05, 0) is 35.9 Å². The lowest BCUT2D eigenvalue weighted by atomic mass is 10.2. The molecule has 0 aliphatic heterocycles. The number of para-hydroxylation sites is 1. The summed E-state index contributed by atoms with van der Waals surface area (Å²) >= 11 is 0. The van der Waals surface area contributed by atoms with Gasteiger partial charge in [0.25, 0.3) is 0 Å². The lowest BCUT2D eigenvalue weighted by Gasteiger charge is -2.11. The van der Waals surface area contributed by atoms with Gasteiger partial charge in [0.2, 0.25) is 5.69 Å². The third-order valence-electron chi connectivity index (χ3n) is 3.82.